The molecule has 0 saturated heterocycles. The number of guanidine groups is 1. The second kappa shape index (κ2) is 10.0. The molecule has 8 nitrogen and oxygen atoms in total. The van der Waals surface area contributed by atoms with Gasteiger partial charge < -0.3 is 21.2 Å². The Labute approximate surface area is 202 Å². The van der Waals surface area contributed by atoms with Crippen LogP contribution in [0.2, 0.25) is 0 Å². The summed E-state index contributed by atoms with van der Waals surface area (Å²) in [5.41, 5.74) is 18.0. The lowest BCUT2D eigenvalue weighted by Gasteiger charge is -2.11. The van der Waals surface area contributed by atoms with E-state index < -0.39 is 0 Å². The van der Waals surface area contributed by atoms with Crippen LogP contribution in [0, 0.1) is 0 Å². The van der Waals surface area contributed by atoms with Gasteiger partial charge in [0.15, 0.2) is 23.3 Å². The van der Waals surface area contributed by atoms with Gasteiger partial charge in [0.2, 0.25) is 0 Å². The Bertz CT molecular complexity index is 1460. The molecule has 0 unspecified atom stereocenters. The summed E-state index contributed by atoms with van der Waals surface area (Å²) in [6.07, 6.45) is 2.41. The van der Waals surface area contributed by atoms with Crippen LogP contribution < -0.4 is 16.8 Å². The number of aromatic nitrogens is 3. The van der Waals surface area contributed by atoms with E-state index >= 15 is 0 Å². The van der Waals surface area contributed by atoms with E-state index in [4.69, 9.17) is 15.9 Å². The molecule has 0 fully saturated rings. The monoisotopic (exact) mass is 463 g/mol. The van der Waals surface area contributed by atoms with Crippen molar-refractivity contribution in [3.8, 4) is 11.3 Å². The number of nitrogens with two attached hydrogens (primary N) is 2. The topological polar surface area (TPSA) is 128 Å². The number of rotatable bonds is 7. The van der Waals surface area contributed by atoms with Crippen molar-refractivity contribution in [2.45, 2.75) is 19.3 Å². The summed E-state index contributed by atoms with van der Waals surface area (Å²) in [7, 11) is 0. The van der Waals surface area contributed by atoms with E-state index in [9.17, 15) is 0 Å². The Hall–Kier alpha value is -4.72. The zero-order valence-electron chi connectivity index (χ0n) is 19.1. The first-order valence-electron chi connectivity index (χ1n) is 11.4. The van der Waals surface area contributed by atoms with Crippen molar-refractivity contribution in [1.29, 1.82) is 0 Å². The normalized spacial score (nSPS) is 11.6. The van der Waals surface area contributed by atoms with Gasteiger partial charge in [0.1, 0.15) is 5.52 Å². The van der Waals surface area contributed by atoms with Gasteiger partial charge in [-0.2, -0.15) is 4.99 Å². The highest BCUT2D eigenvalue weighted by Crippen LogP contribution is 2.22. The van der Waals surface area contributed by atoms with Crippen molar-refractivity contribution in [2.75, 3.05) is 11.1 Å². The highest BCUT2D eigenvalue weighted by molar-refractivity contribution is 5.94. The smallest absolute Gasteiger partial charge is 0.199 e. The number of hydrogen-bond acceptors (Lipinski definition) is 6. The molecule has 0 aliphatic rings. The Balaban J connectivity index is 1.22. The van der Waals surface area contributed by atoms with Crippen molar-refractivity contribution in [2.24, 2.45) is 10.7 Å². The van der Waals surface area contributed by atoms with Gasteiger partial charge in [-0.25, -0.2) is 4.98 Å². The zero-order chi connectivity index (χ0) is 24.0. The minimum atomic E-state index is 0.246. The highest BCUT2D eigenvalue weighted by Gasteiger charge is 2.08. The van der Waals surface area contributed by atoms with Crippen LogP contribution in [0.15, 0.2) is 94.3 Å². The molecule has 0 radical (unpaired) electrons. The molecular formula is C27H25N7O. The second-order valence-electron chi connectivity index (χ2n) is 8.11. The van der Waals surface area contributed by atoms with E-state index in [-0.39, 0.29) is 5.96 Å². The molecule has 0 aliphatic carbocycles. The molecule has 2 aromatic heterocycles. The molecule has 35 heavy (non-hydrogen) atoms. The van der Waals surface area contributed by atoms with Gasteiger partial charge >= 0.3 is 0 Å². The van der Waals surface area contributed by atoms with Crippen LogP contribution in [0.25, 0.3) is 22.4 Å². The van der Waals surface area contributed by atoms with E-state index in [1.165, 1.54) is 0 Å². The van der Waals surface area contributed by atoms with E-state index in [1.54, 1.807) is 6.07 Å². The fraction of sp³-hybridized carbons (Fsp3) is 0.111. The standard InChI is InChI=1S/C27H25N7O/c28-20-13-15-24-23(17-20)30-26(35-24)12-6-10-18-9-4-5-11-21(18)31-27(29)32-25-16-14-22(33-34-25)19-7-2-1-3-8-19/h1-5,7-9,11,13-17H,6,10,12,28H2,(H3,29,31,32,34). The lowest BCUT2D eigenvalue weighted by atomic mass is 10.1. The van der Waals surface area contributed by atoms with Crippen LogP contribution in [-0.2, 0) is 12.8 Å². The first-order chi connectivity index (χ1) is 17.1. The third-order valence-corrected chi connectivity index (χ3v) is 5.53. The number of aliphatic imine (C=N–C) groups is 1. The number of nitrogens with one attached hydrogen (secondary N) is 1. The molecule has 5 aromatic rings. The number of para-hydroxylation sites is 1. The largest absolute Gasteiger partial charge is 0.441 e. The number of benzene rings is 3. The molecule has 5 rings (SSSR count). The summed E-state index contributed by atoms with van der Waals surface area (Å²) in [5.74, 6) is 1.38. The van der Waals surface area contributed by atoms with Crippen LogP contribution in [0.5, 0.6) is 0 Å². The van der Waals surface area contributed by atoms with Gasteiger partial charge in [0.25, 0.3) is 0 Å². The molecule has 3 aromatic carbocycles. The predicted molar refractivity (Wildman–Crippen MR) is 139 cm³/mol. The Morgan fingerprint density at radius 3 is 2.54 bits per heavy atom. The summed E-state index contributed by atoms with van der Waals surface area (Å²) < 4.78 is 5.82. The van der Waals surface area contributed by atoms with Gasteiger partial charge in [-0.15, -0.1) is 10.2 Å². The zero-order valence-corrected chi connectivity index (χ0v) is 19.1. The van der Waals surface area contributed by atoms with E-state index in [2.05, 4.69) is 31.6 Å². The van der Waals surface area contributed by atoms with Crippen molar-refractivity contribution in [1.82, 2.24) is 15.2 Å². The number of nitrogens with zero attached hydrogens (tertiary/aromatic N) is 4. The van der Waals surface area contributed by atoms with Gasteiger partial charge in [-0.3, -0.25) is 0 Å². The first-order valence-corrected chi connectivity index (χ1v) is 11.4. The van der Waals surface area contributed by atoms with Crippen molar-refractivity contribution in [3.63, 3.8) is 0 Å². The van der Waals surface area contributed by atoms with Crippen LogP contribution >= 0.6 is 0 Å². The van der Waals surface area contributed by atoms with E-state index in [0.717, 1.165) is 52.9 Å². The average Bonchev–Trinajstić information content (AvgIpc) is 3.28. The Morgan fingerprint density at radius 2 is 1.71 bits per heavy atom. The average molecular weight is 464 g/mol. The molecule has 5 N–H and O–H groups in total. The molecule has 0 bridgehead atoms. The van der Waals surface area contributed by atoms with Gasteiger partial charge in [-0.05, 0) is 54.8 Å². The molecule has 0 spiro atoms. The van der Waals surface area contributed by atoms with Crippen molar-refractivity contribution < 1.29 is 4.42 Å². The second-order valence-corrected chi connectivity index (χ2v) is 8.11. The molecule has 0 amide bonds. The number of nitrogen functional groups attached to an aromatic ring is 1. The Morgan fingerprint density at radius 1 is 0.886 bits per heavy atom. The molecular weight excluding hydrogens is 438 g/mol. The van der Waals surface area contributed by atoms with E-state index in [0.29, 0.717) is 17.4 Å². The fourth-order valence-corrected chi connectivity index (χ4v) is 3.83. The van der Waals surface area contributed by atoms with Crippen molar-refractivity contribution >= 4 is 34.3 Å². The molecule has 8 heteroatoms. The highest BCUT2D eigenvalue weighted by atomic mass is 16.3. The quantitative estimate of drug-likeness (QED) is 0.174. The minimum absolute atomic E-state index is 0.246. The number of aryl methyl sites for hydroxylation is 2. The third kappa shape index (κ3) is 5.44. The Kier molecular flexibility index (Phi) is 6.34. The van der Waals surface area contributed by atoms with E-state index in [1.807, 2.05) is 72.8 Å². The number of oxazole rings is 1. The number of hydrogen-bond donors (Lipinski definition) is 3. The maximum Gasteiger partial charge on any atom is 0.199 e. The minimum Gasteiger partial charge on any atom is -0.441 e. The summed E-state index contributed by atoms with van der Waals surface area (Å²) in [6, 6.07) is 27.0. The van der Waals surface area contributed by atoms with Crippen LogP contribution in [0.4, 0.5) is 17.2 Å². The predicted octanol–water partition coefficient (Wildman–Crippen LogP) is 5.10. The molecule has 2 heterocycles. The molecule has 174 valence electrons. The maximum absolute atomic E-state index is 6.17. The van der Waals surface area contributed by atoms with Crippen LogP contribution in [0.3, 0.4) is 0 Å². The SMILES string of the molecule is NC(=Nc1ccc(-c2ccccc2)nn1)Nc1ccccc1CCCc1nc2cc(N)ccc2o1. The lowest BCUT2D eigenvalue weighted by Crippen LogP contribution is -2.22. The summed E-state index contributed by atoms with van der Waals surface area (Å²) in [5, 5.41) is 11.6. The number of anilines is 2. The lowest BCUT2D eigenvalue weighted by molar-refractivity contribution is 0.519. The van der Waals surface area contributed by atoms with Gasteiger partial charge in [0.05, 0.1) is 5.69 Å². The van der Waals surface area contributed by atoms with Crippen LogP contribution in [-0.4, -0.2) is 21.1 Å². The summed E-state index contributed by atoms with van der Waals surface area (Å²) >= 11 is 0. The van der Waals surface area contributed by atoms with Crippen molar-refractivity contribution in [3.05, 3.63) is 96.4 Å². The fourth-order valence-electron chi connectivity index (χ4n) is 3.83. The van der Waals surface area contributed by atoms with Crippen LogP contribution in [0.1, 0.15) is 17.9 Å². The molecule has 0 atom stereocenters. The maximum atomic E-state index is 6.17. The molecule has 0 aliphatic heterocycles. The molecule has 0 saturated carbocycles. The van der Waals surface area contributed by atoms with Gasteiger partial charge in [-0.1, -0.05) is 48.5 Å². The third-order valence-electron chi connectivity index (χ3n) is 5.53. The van der Waals surface area contributed by atoms with Gasteiger partial charge in [0, 0.05) is 23.4 Å². The number of fused-ring (bicyclic) bond motifs is 1. The summed E-state index contributed by atoms with van der Waals surface area (Å²) in [4.78, 5) is 8.90. The first kappa shape index (κ1) is 22.1. The summed E-state index contributed by atoms with van der Waals surface area (Å²) in [6.45, 7) is 0.